The number of aliphatic hydroxyl groups is 2. The van der Waals surface area contributed by atoms with Gasteiger partial charge in [-0.1, -0.05) is 0 Å². The van der Waals surface area contributed by atoms with Crippen LogP contribution in [-0.2, 0) is 26.3 Å². The highest BCUT2D eigenvalue weighted by atomic mass is 16.3. The van der Waals surface area contributed by atoms with Crippen LogP contribution in [0.5, 0.6) is 11.5 Å². The topological polar surface area (TPSA) is 131 Å². The zero-order valence-electron chi connectivity index (χ0n) is 17.0. The van der Waals surface area contributed by atoms with Crippen LogP contribution >= 0.6 is 0 Å². The number of aromatic nitrogens is 2. The Bertz CT molecular complexity index is 755. The van der Waals surface area contributed by atoms with E-state index in [1.807, 2.05) is 0 Å². The van der Waals surface area contributed by atoms with Crippen LogP contribution in [0.15, 0.2) is 12.4 Å². The minimum Gasteiger partial charge on any atom is -0.506 e. The van der Waals surface area contributed by atoms with Crippen LogP contribution in [0, 0.1) is 13.8 Å². The Labute approximate surface area is 155 Å². The number of pyridine rings is 2. The second-order valence-corrected chi connectivity index (χ2v) is 5.92. The summed E-state index contributed by atoms with van der Waals surface area (Å²) in [6.07, 6.45) is 2.94. The van der Waals surface area contributed by atoms with Gasteiger partial charge in [0, 0.05) is 60.8 Å². The molecule has 0 aliphatic rings. The maximum atomic E-state index is 10.2. The first-order chi connectivity index (χ1) is 13.3. The average Bonchev–Trinajstić information content (AvgIpc) is 2.68. The number of aryl methyl sites for hydroxylation is 2. The van der Waals surface area contributed by atoms with Gasteiger partial charge in [-0.2, -0.15) is 0 Å². The van der Waals surface area contributed by atoms with Gasteiger partial charge in [0.25, 0.3) is 0 Å². The molecule has 0 radical (unpaired) electrons. The molecular formula is C18H26N4O4. The third-order valence-electron chi connectivity index (χ3n) is 4.16. The fourth-order valence-corrected chi connectivity index (χ4v) is 2.52. The van der Waals surface area contributed by atoms with Crippen molar-refractivity contribution in [3.63, 3.8) is 0 Å². The fraction of sp³-hybridized carbons (Fsp3) is 0.444. The molecule has 0 unspecified atom stereocenters. The molecule has 26 heavy (non-hydrogen) atoms. The molecular weight excluding hydrogens is 336 g/mol. The molecule has 8 heteroatoms. The van der Waals surface area contributed by atoms with Gasteiger partial charge < -0.3 is 31.0 Å². The maximum absolute atomic E-state index is 10.2. The summed E-state index contributed by atoms with van der Waals surface area (Å²) in [5.41, 5.74) is 2.62. The van der Waals surface area contributed by atoms with Crippen LogP contribution in [0.25, 0.3) is 0 Å². The minimum atomic E-state index is -0.292. The van der Waals surface area contributed by atoms with Crippen LogP contribution in [0.4, 0.5) is 0 Å². The van der Waals surface area contributed by atoms with Crippen LogP contribution in [0.1, 0.15) is 33.6 Å². The number of aliphatic hydroxyl groups excluding tert-OH is 2. The third-order valence-corrected chi connectivity index (χ3v) is 4.16. The van der Waals surface area contributed by atoms with E-state index in [-0.39, 0.29) is 50.9 Å². The van der Waals surface area contributed by atoms with Crippen LogP contribution in [0.3, 0.4) is 0 Å². The highest BCUT2D eigenvalue weighted by molar-refractivity contribution is 5.41. The summed E-state index contributed by atoms with van der Waals surface area (Å²) in [4.78, 5) is 7.99. The normalized spacial score (nSPS) is 12.5. The van der Waals surface area contributed by atoms with Gasteiger partial charge in [-0.15, -0.1) is 0 Å². The van der Waals surface area contributed by atoms with Crippen molar-refractivity contribution in [3.8, 4) is 11.5 Å². The summed E-state index contributed by atoms with van der Waals surface area (Å²) in [5.74, 6) is -0.0902. The monoisotopic (exact) mass is 364 g/mol. The summed E-state index contributed by atoms with van der Waals surface area (Å²) in [6, 6.07) is 0. The molecule has 0 atom stereocenters. The average molecular weight is 364 g/mol. The van der Waals surface area contributed by atoms with Gasteiger partial charge in [-0.05, 0) is 13.8 Å². The highest BCUT2D eigenvalue weighted by Crippen LogP contribution is 2.24. The van der Waals surface area contributed by atoms with Gasteiger partial charge in [0.1, 0.15) is 14.3 Å². The quantitative estimate of drug-likeness (QED) is 0.376. The summed E-state index contributed by atoms with van der Waals surface area (Å²) in [7, 11) is 0. The maximum Gasteiger partial charge on any atom is 0.141 e. The Morgan fingerprint density at radius 3 is 1.58 bits per heavy atom. The van der Waals surface area contributed by atoms with E-state index in [2.05, 4.69) is 9.97 Å². The van der Waals surface area contributed by atoms with E-state index in [1.54, 1.807) is 13.8 Å². The van der Waals surface area contributed by atoms with E-state index in [0.29, 0.717) is 33.6 Å². The van der Waals surface area contributed by atoms with E-state index in [4.69, 9.17) is 2.82 Å². The van der Waals surface area contributed by atoms with E-state index in [9.17, 15) is 20.4 Å². The van der Waals surface area contributed by atoms with Crippen molar-refractivity contribution in [1.29, 1.82) is 0 Å². The molecule has 2 heterocycles. The van der Waals surface area contributed by atoms with Crippen molar-refractivity contribution < 1.29 is 23.2 Å². The Morgan fingerprint density at radius 1 is 0.846 bits per heavy atom. The number of nitrogens with zero attached hydrogens (tertiary/aromatic N) is 2. The second-order valence-electron chi connectivity index (χ2n) is 5.92. The van der Waals surface area contributed by atoms with Crippen molar-refractivity contribution in [3.05, 3.63) is 46.0 Å². The minimum absolute atomic E-state index is 0.0451. The molecule has 0 amide bonds. The Hall–Kier alpha value is -2.26. The molecule has 0 aliphatic carbocycles. The second kappa shape index (κ2) is 9.44. The summed E-state index contributed by atoms with van der Waals surface area (Å²) >= 11 is 0. The largest absolute Gasteiger partial charge is 0.506 e. The van der Waals surface area contributed by atoms with Gasteiger partial charge in [0.15, 0.2) is 0 Å². The molecule has 0 aromatic carbocycles. The van der Waals surface area contributed by atoms with Crippen molar-refractivity contribution in [2.45, 2.75) is 40.2 Å². The predicted octanol–water partition coefficient (Wildman–Crippen LogP) is 0.369. The number of nitrogens with one attached hydrogen (secondary N) is 2. The molecule has 0 fully saturated rings. The first kappa shape index (κ1) is 17.2. The van der Waals surface area contributed by atoms with Crippen LogP contribution in [0.2, 0.25) is 2.82 Å². The molecule has 2 aromatic rings. The van der Waals surface area contributed by atoms with Crippen LogP contribution < -0.4 is 10.6 Å². The van der Waals surface area contributed by atoms with Gasteiger partial charge in [-0.3, -0.25) is 9.97 Å². The van der Waals surface area contributed by atoms with E-state index in [1.165, 1.54) is 23.0 Å². The van der Waals surface area contributed by atoms with E-state index in [0.717, 1.165) is 0 Å². The first-order valence-electron chi connectivity index (χ1n) is 9.19. The number of hydrogen-bond donors (Lipinski definition) is 6. The zero-order chi connectivity index (χ0) is 20.8. The van der Waals surface area contributed by atoms with Crippen molar-refractivity contribution >= 4 is 0 Å². The molecule has 0 bridgehead atoms. The number of aromatic hydroxyl groups is 2. The predicted molar refractivity (Wildman–Crippen MR) is 96.5 cm³/mol. The molecule has 8 nitrogen and oxygen atoms in total. The lowest BCUT2D eigenvalue weighted by Crippen LogP contribution is -2.27. The van der Waals surface area contributed by atoms with Gasteiger partial charge in [-0.25, -0.2) is 0 Å². The number of rotatable bonds is 9. The molecule has 2 aromatic heterocycles. The number of hydrogen-bond acceptors (Lipinski definition) is 8. The van der Waals surface area contributed by atoms with Gasteiger partial charge in [0.05, 0.1) is 24.6 Å². The Kier molecular flexibility index (Phi) is 6.23. The Balaban J connectivity index is 2.00. The van der Waals surface area contributed by atoms with Crippen molar-refractivity contribution in [2.75, 3.05) is 13.1 Å². The summed E-state index contributed by atoms with van der Waals surface area (Å²) in [6.45, 7) is 3.21. The SMILES string of the molecule is [2H]N(CCN([2H])Cc1c(CO)cnc(C)c1O)Cc1c(CO)cnc(C)c1O. The lowest BCUT2D eigenvalue weighted by atomic mass is 10.1. The smallest absolute Gasteiger partial charge is 0.141 e. The molecule has 0 saturated carbocycles. The lowest BCUT2D eigenvalue weighted by molar-refractivity contribution is 0.278. The fourth-order valence-electron chi connectivity index (χ4n) is 2.52. The lowest BCUT2D eigenvalue weighted by Gasteiger charge is -2.14. The van der Waals surface area contributed by atoms with E-state index >= 15 is 0 Å². The first-order valence-corrected chi connectivity index (χ1v) is 8.30. The molecule has 0 spiro atoms. The molecule has 2 rings (SSSR count). The molecule has 0 aliphatic heterocycles. The highest BCUT2D eigenvalue weighted by Gasteiger charge is 2.12. The third kappa shape index (κ3) is 4.67. The van der Waals surface area contributed by atoms with Crippen LogP contribution in [-0.4, -0.2) is 43.5 Å². The van der Waals surface area contributed by atoms with Gasteiger partial charge >= 0.3 is 0 Å². The molecule has 0 saturated heterocycles. The molecule has 142 valence electrons. The summed E-state index contributed by atoms with van der Waals surface area (Å²) in [5, 5.41) is 41.5. The zero-order valence-corrected chi connectivity index (χ0v) is 15.0. The Morgan fingerprint density at radius 2 is 1.23 bits per heavy atom. The summed E-state index contributed by atoms with van der Waals surface area (Å²) < 4.78 is 16.2. The van der Waals surface area contributed by atoms with Crippen molar-refractivity contribution in [2.24, 2.45) is 0 Å². The standard InChI is InChI=1S/C18H26N4O4/c1-11-17(25)15(13(9-23)5-21-11)7-19-3-4-20-8-16-14(10-24)6-22-12(2)18(16)26/h5-6,19-20,23-26H,3-4,7-10H2,1-2H3/i/hD2. The molecule has 6 N–H and O–H groups in total. The van der Waals surface area contributed by atoms with E-state index < -0.39 is 0 Å². The van der Waals surface area contributed by atoms with Gasteiger partial charge in [0.2, 0.25) is 0 Å². The van der Waals surface area contributed by atoms with Crippen molar-refractivity contribution in [1.82, 2.24) is 20.6 Å².